The third-order valence-corrected chi connectivity index (χ3v) is 4.19. The van der Waals surface area contributed by atoms with Crippen LogP contribution in [-0.4, -0.2) is 11.8 Å². The van der Waals surface area contributed by atoms with Gasteiger partial charge in [-0.05, 0) is 43.0 Å². The van der Waals surface area contributed by atoms with E-state index in [0.717, 1.165) is 18.8 Å². The second kappa shape index (κ2) is 7.81. The second-order valence-corrected chi connectivity index (χ2v) is 5.89. The van der Waals surface area contributed by atoms with Crippen molar-refractivity contribution in [1.82, 2.24) is 0 Å². The number of carbonyl (C=O) groups excluding carboxylic acids is 2. The van der Waals surface area contributed by atoms with Gasteiger partial charge in [0.1, 0.15) is 0 Å². The Bertz CT molecular complexity index is 476. The molecule has 1 saturated carbocycles. The van der Waals surface area contributed by atoms with Gasteiger partial charge in [-0.15, -0.1) is 0 Å². The van der Waals surface area contributed by atoms with Crippen LogP contribution in [0.25, 0.3) is 0 Å². The number of carbonyl (C=O) groups is 2. The second-order valence-electron chi connectivity index (χ2n) is 5.89. The fraction of sp³-hybridized carbons (Fsp3) is 0.529. The number of primary amides is 1. The molecule has 0 radical (unpaired) electrons. The first kappa shape index (κ1) is 15.5. The van der Waals surface area contributed by atoms with Crippen LogP contribution in [0.15, 0.2) is 24.3 Å². The van der Waals surface area contributed by atoms with Crippen molar-refractivity contribution >= 4 is 17.5 Å². The number of benzene rings is 1. The molecule has 4 nitrogen and oxygen atoms in total. The molecule has 0 saturated heterocycles. The van der Waals surface area contributed by atoms with E-state index in [1.165, 1.54) is 32.1 Å². The molecule has 1 aliphatic carbocycles. The summed E-state index contributed by atoms with van der Waals surface area (Å²) in [6.07, 6.45) is 9.41. The summed E-state index contributed by atoms with van der Waals surface area (Å²) >= 11 is 0. The summed E-state index contributed by atoms with van der Waals surface area (Å²) in [5.74, 6) is 0.402. The number of nitrogens with one attached hydrogen (secondary N) is 1. The predicted octanol–water partition coefficient (Wildman–Crippen LogP) is 3.47. The molecular formula is C17H24N2O2. The third-order valence-electron chi connectivity index (χ3n) is 4.19. The van der Waals surface area contributed by atoms with Gasteiger partial charge in [0.15, 0.2) is 0 Å². The molecule has 2 rings (SSSR count). The molecule has 0 aliphatic heterocycles. The molecule has 0 spiro atoms. The van der Waals surface area contributed by atoms with Crippen LogP contribution < -0.4 is 11.1 Å². The van der Waals surface area contributed by atoms with E-state index in [2.05, 4.69) is 5.32 Å². The van der Waals surface area contributed by atoms with Crippen LogP contribution in [0.5, 0.6) is 0 Å². The molecule has 0 atom stereocenters. The van der Waals surface area contributed by atoms with Crippen LogP contribution in [0, 0.1) is 5.92 Å². The smallest absolute Gasteiger partial charge is 0.248 e. The largest absolute Gasteiger partial charge is 0.366 e. The lowest BCUT2D eigenvalue weighted by Gasteiger charge is -2.21. The Kier molecular flexibility index (Phi) is 5.78. The molecule has 114 valence electrons. The van der Waals surface area contributed by atoms with Gasteiger partial charge in [-0.3, -0.25) is 9.59 Å². The molecule has 0 aromatic heterocycles. The maximum absolute atomic E-state index is 11.9. The Morgan fingerprint density at radius 1 is 1.10 bits per heavy atom. The predicted molar refractivity (Wildman–Crippen MR) is 84.0 cm³/mol. The Labute approximate surface area is 126 Å². The Hall–Kier alpha value is -1.84. The molecule has 1 aromatic rings. The molecular weight excluding hydrogens is 264 g/mol. The number of anilines is 1. The first-order valence-corrected chi connectivity index (χ1v) is 7.85. The van der Waals surface area contributed by atoms with Crippen molar-refractivity contribution in [3.63, 3.8) is 0 Å². The average Bonchev–Trinajstić information content (AvgIpc) is 2.49. The van der Waals surface area contributed by atoms with Gasteiger partial charge in [0.25, 0.3) is 0 Å². The molecule has 1 aromatic carbocycles. The minimum absolute atomic E-state index is 0.0395. The Balaban J connectivity index is 1.70. The summed E-state index contributed by atoms with van der Waals surface area (Å²) in [7, 11) is 0. The average molecular weight is 288 g/mol. The van der Waals surface area contributed by atoms with Crippen LogP contribution in [-0.2, 0) is 4.79 Å². The minimum Gasteiger partial charge on any atom is -0.366 e. The van der Waals surface area contributed by atoms with E-state index in [0.29, 0.717) is 17.7 Å². The summed E-state index contributed by atoms with van der Waals surface area (Å²) < 4.78 is 0. The number of amides is 2. The highest BCUT2D eigenvalue weighted by Gasteiger charge is 2.13. The zero-order valence-electron chi connectivity index (χ0n) is 12.4. The van der Waals surface area contributed by atoms with Gasteiger partial charge in [-0.2, -0.15) is 0 Å². The van der Waals surface area contributed by atoms with E-state index in [1.54, 1.807) is 24.3 Å². The van der Waals surface area contributed by atoms with E-state index in [-0.39, 0.29) is 5.91 Å². The molecule has 2 amide bonds. The van der Waals surface area contributed by atoms with E-state index in [9.17, 15) is 9.59 Å². The lowest BCUT2D eigenvalue weighted by Crippen LogP contribution is -2.14. The molecule has 0 unspecified atom stereocenters. The minimum atomic E-state index is -0.458. The molecule has 0 bridgehead atoms. The lowest BCUT2D eigenvalue weighted by molar-refractivity contribution is -0.116. The molecule has 4 heteroatoms. The van der Waals surface area contributed by atoms with Crippen molar-refractivity contribution in [2.24, 2.45) is 11.7 Å². The maximum atomic E-state index is 11.9. The summed E-state index contributed by atoms with van der Waals surface area (Å²) in [6.45, 7) is 0. The monoisotopic (exact) mass is 288 g/mol. The normalized spacial score (nSPS) is 15.6. The highest BCUT2D eigenvalue weighted by molar-refractivity contribution is 5.94. The SMILES string of the molecule is NC(=O)c1ccc(NC(=O)CCCC2CCCCC2)cc1. The third kappa shape index (κ3) is 5.21. The van der Waals surface area contributed by atoms with Gasteiger partial charge in [-0.1, -0.05) is 32.1 Å². The Morgan fingerprint density at radius 2 is 1.76 bits per heavy atom. The van der Waals surface area contributed by atoms with Crippen molar-refractivity contribution in [3.05, 3.63) is 29.8 Å². The van der Waals surface area contributed by atoms with E-state index in [1.807, 2.05) is 0 Å². The van der Waals surface area contributed by atoms with E-state index >= 15 is 0 Å². The van der Waals surface area contributed by atoms with Gasteiger partial charge in [0.2, 0.25) is 11.8 Å². The molecule has 21 heavy (non-hydrogen) atoms. The van der Waals surface area contributed by atoms with Gasteiger partial charge < -0.3 is 11.1 Å². The van der Waals surface area contributed by atoms with Gasteiger partial charge >= 0.3 is 0 Å². The van der Waals surface area contributed by atoms with Crippen LogP contribution in [0.4, 0.5) is 5.69 Å². The van der Waals surface area contributed by atoms with Crippen molar-refractivity contribution in [2.45, 2.75) is 51.4 Å². The van der Waals surface area contributed by atoms with Crippen LogP contribution >= 0.6 is 0 Å². The van der Waals surface area contributed by atoms with Crippen molar-refractivity contribution in [1.29, 1.82) is 0 Å². The summed E-state index contributed by atoms with van der Waals surface area (Å²) in [4.78, 5) is 22.8. The lowest BCUT2D eigenvalue weighted by atomic mass is 9.86. The van der Waals surface area contributed by atoms with Gasteiger partial charge in [-0.25, -0.2) is 0 Å². The van der Waals surface area contributed by atoms with E-state index in [4.69, 9.17) is 5.73 Å². The van der Waals surface area contributed by atoms with Crippen molar-refractivity contribution in [2.75, 3.05) is 5.32 Å². The van der Waals surface area contributed by atoms with E-state index < -0.39 is 5.91 Å². The van der Waals surface area contributed by atoms with Gasteiger partial charge in [0, 0.05) is 17.7 Å². The zero-order valence-corrected chi connectivity index (χ0v) is 12.4. The molecule has 3 N–H and O–H groups in total. The van der Waals surface area contributed by atoms with Crippen molar-refractivity contribution in [3.8, 4) is 0 Å². The molecule has 1 fully saturated rings. The summed E-state index contributed by atoms with van der Waals surface area (Å²) in [5, 5.41) is 2.85. The quantitative estimate of drug-likeness (QED) is 0.841. The zero-order chi connectivity index (χ0) is 15.1. The number of hydrogen-bond acceptors (Lipinski definition) is 2. The first-order chi connectivity index (χ1) is 10.1. The highest BCUT2D eigenvalue weighted by Crippen LogP contribution is 2.27. The summed E-state index contributed by atoms with van der Waals surface area (Å²) in [5.41, 5.74) is 6.34. The van der Waals surface area contributed by atoms with Crippen LogP contribution in [0.2, 0.25) is 0 Å². The molecule has 1 aliphatic rings. The topological polar surface area (TPSA) is 72.2 Å². The number of rotatable bonds is 6. The molecule has 0 heterocycles. The van der Waals surface area contributed by atoms with Gasteiger partial charge in [0.05, 0.1) is 0 Å². The highest BCUT2D eigenvalue weighted by atomic mass is 16.1. The summed E-state index contributed by atoms with van der Waals surface area (Å²) in [6, 6.07) is 6.66. The fourth-order valence-electron chi connectivity index (χ4n) is 2.97. The maximum Gasteiger partial charge on any atom is 0.248 e. The number of nitrogens with two attached hydrogens (primary N) is 1. The van der Waals surface area contributed by atoms with Crippen LogP contribution in [0.3, 0.4) is 0 Å². The standard InChI is InChI=1S/C17H24N2O2/c18-17(21)14-9-11-15(12-10-14)19-16(20)8-4-7-13-5-2-1-3-6-13/h9-13H,1-8H2,(H2,18,21)(H,19,20). The van der Waals surface area contributed by atoms with Crippen LogP contribution in [0.1, 0.15) is 61.7 Å². The number of hydrogen-bond donors (Lipinski definition) is 2. The van der Waals surface area contributed by atoms with Crippen molar-refractivity contribution < 1.29 is 9.59 Å². The Morgan fingerprint density at radius 3 is 2.38 bits per heavy atom. The fourth-order valence-corrected chi connectivity index (χ4v) is 2.97. The first-order valence-electron chi connectivity index (χ1n) is 7.85.